The van der Waals surface area contributed by atoms with Crippen molar-refractivity contribution in [3.05, 3.63) is 417 Å². The zero-order chi connectivity index (χ0) is 75.1. The van der Waals surface area contributed by atoms with E-state index in [0.29, 0.717) is 0 Å². The van der Waals surface area contributed by atoms with Crippen LogP contribution in [-0.4, -0.2) is 30.4 Å². The second-order valence-corrected chi connectivity index (χ2v) is 31.4. The monoisotopic (exact) mass is 1470 g/mol. The second-order valence-electron chi connectivity index (χ2n) is 31.4. The summed E-state index contributed by atoms with van der Waals surface area (Å²) in [5.74, 6) is 0.197. The molecule has 7 nitrogen and oxygen atoms in total. The van der Waals surface area contributed by atoms with Gasteiger partial charge in [-0.05, 0) is 201 Å². The Balaban J connectivity index is 0.616. The minimum atomic E-state index is -0.0622. The van der Waals surface area contributed by atoms with Gasteiger partial charge in [-0.2, -0.15) is 0 Å². The molecule has 7 heterocycles. The summed E-state index contributed by atoms with van der Waals surface area (Å²) in [5.41, 5.74) is 32.2. The van der Waals surface area contributed by atoms with E-state index in [-0.39, 0.29) is 23.9 Å². The lowest BCUT2D eigenvalue weighted by atomic mass is 9.80. The number of anilines is 4. The molecule has 0 saturated carbocycles. The van der Waals surface area contributed by atoms with Gasteiger partial charge in [0.15, 0.2) is 0 Å². The van der Waals surface area contributed by atoms with Crippen molar-refractivity contribution in [3.8, 4) is 56.1 Å². The van der Waals surface area contributed by atoms with Gasteiger partial charge in [-0.25, -0.2) is 0 Å². The van der Waals surface area contributed by atoms with Crippen LogP contribution in [0.3, 0.4) is 0 Å². The lowest BCUT2D eigenvalue weighted by Crippen LogP contribution is -2.31. The molecule has 2 aliphatic heterocycles. The Morgan fingerprint density at radius 1 is 0.217 bits per heavy atom. The zero-order valence-corrected chi connectivity index (χ0v) is 62.5. The highest BCUT2D eigenvalue weighted by Gasteiger charge is 2.43. The van der Waals surface area contributed by atoms with E-state index in [1.165, 1.54) is 110 Å². The molecule has 0 saturated heterocycles. The van der Waals surface area contributed by atoms with E-state index in [1.54, 1.807) is 0 Å². The molecule has 2 aliphatic carbocycles. The number of rotatable bonds is 10. The van der Waals surface area contributed by atoms with Crippen LogP contribution in [0, 0.1) is 0 Å². The Kier molecular flexibility index (Phi) is 13.8. The molecular formula is C108H70N6O. The second kappa shape index (κ2) is 24.8. The van der Waals surface area contributed by atoms with Crippen LogP contribution in [0.15, 0.2) is 405 Å². The number of hydrogen-bond donors (Lipinski definition) is 0. The molecule has 5 aromatic heterocycles. The molecule has 0 spiro atoms. The first-order valence-electron chi connectivity index (χ1n) is 40.0. The summed E-state index contributed by atoms with van der Waals surface area (Å²) < 4.78 is 16.5. The number of fused-ring (bicyclic) bond motifs is 21. The summed E-state index contributed by atoms with van der Waals surface area (Å²) in [4.78, 5) is 5.28. The van der Waals surface area contributed by atoms with Crippen molar-refractivity contribution in [1.29, 1.82) is 0 Å². The summed E-state index contributed by atoms with van der Waals surface area (Å²) >= 11 is 0. The van der Waals surface area contributed by atoms with Crippen LogP contribution in [0.5, 0.6) is 0 Å². The Morgan fingerprint density at radius 3 is 1.14 bits per heavy atom. The average Bonchev–Trinajstić information content (AvgIpc) is 1.55. The Bertz CT molecular complexity index is 7620. The Labute approximate surface area is 662 Å². The van der Waals surface area contributed by atoms with Gasteiger partial charge < -0.3 is 32.5 Å². The third-order valence-corrected chi connectivity index (χ3v) is 25.4. The van der Waals surface area contributed by atoms with Crippen LogP contribution in [0.2, 0.25) is 0 Å². The summed E-state index contributed by atoms with van der Waals surface area (Å²) in [7, 11) is 0. The fourth-order valence-electron chi connectivity index (χ4n) is 20.4. The van der Waals surface area contributed by atoms with Crippen molar-refractivity contribution >= 4 is 137 Å². The highest BCUT2D eigenvalue weighted by Crippen LogP contribution is 2.56. The summed E-state index contributed by atoms with van der Waals surface area (Å²) in [6, 6.07) is 134. The summed E-state index contributed by atoms with van der Waals surface area (Å²) in [5, 5.41) is 12.0. The molecule has 538 valence electrons. The van der Waals surface area contributed by atoms with Gasteiger partial charge in [0.25, 0.3) is 0 Å². The van der Waals surface area contributed by atoms with Gasteiger partial charge in [-0.3, -0.25) is 0 Å². The van der Waals surface area contributed by atoms with Crippen LogP contribution in [-0.2, 0) is 0 Å². The molecular weight excluding hydrogens is 1400 g/mol. The minimum absolute atomic E-state index is 0.00147. The van der Waals surface area contributed by atoms with Crippen LogP contribution >= 0.6 is 0 Å². The van der Waals surface area contributed by atoms with Crippen LogP contribution < -0.4 is 9.80 Å². The third kappa shape index (κ3) is 9.59. The number of allylic oxidation sites excluding steroid dienone is 4. The van der Waals surface area contributed by atoms with Gasteiger partial charge in [0.05, 0.1) is 56.2 Å². The molecule has 0 amide bonds. The standard InChI is InChI=1S/C108H70N6O/c1-2-25-74(26-3-1)109-94-38-13-10-34-87(94)89-52-48-69(63-104(89)109)67-50-54-106-92(61-67)93-62-68(51-55-107(93)115-106)70-49-53-90-88-35-11-14-39-95(88)110(105(90)64-70)75-27-22-24-71(56-75)80-37-23-47-103-108(80)91-36-12-21-46-102(91)114(103)79-60-73(59-78(66-79)113-100-44-19-8-32-85(100)86-33-9-20-45-101(86)113)72-57-76(111-96-40-15-4-28-81(96)82-29-5-16-41-97(82)111)65-77(58-72)112-98-42-17-6-30-83(98)84-31-7-18-43-99(84)112/h1-66,85,100,103,108H. The fourth-order valence-corrected chi connectivity index (χ4v) is 20.4. The maximum absolute atomic E-state index is 6.66. The van der Waals surface area contributed by atoms with Crippen molar-refractivity contribution in [2.75, 3.05) is 9.80 Å². The van der Waals surface area contributed by atoms with Crippen molar-refractivity contribution < 1.29 is 4.42 Å². The van der Waals surface area contributed by atoms with E-state index in [2.05, 4.69) is 429 Å². The minimum Gasteiger partial charge on any atom is -0.456 e. The largest absolute Gasteiger partial charge is 0.456 e. The predicted octanol–water partition coefficient (Wildman–Crippen LogP) is 28.0. The topological polar surface area (TPSA) is 39.3 Å². The highest BCUT2D eigenvalue weighted by molar-refractivity contribution is 6.15. The molecule has 4 aliphatic rings. The van der Waals surface area contributed by atoms with Crippen LogP contribution in [0.1, 0.15) is 28.5 Å². The van der Waals surface area contributed by atoms with Crippen molar-refractivity contribution in [2.24, 2.45) is 0 Å². The summed E-state index contributed by atoms with van der Waals surface area (Å²) in [6.07, 6.45) is 16.4. The lowest BCUT2D eigenvalue weighted by Gasteiger charge is -2.34. The fraction of sp³-hybridized carbons (Fsp3) is 0.0370. The van der Waals surface area contributed by atoms with E-state index in [0.717, 1.165) is 100 Å². The first-order chi connectivity index (χ1) is 57.0. The van der Waals surface area contributed by atoms with Crippen molar-refractivity contribution in [2.45, 2.75) is 23.9 Å². The zero-order valence-electron chi connectivity index (χ0n) is 62.5. The maximum Gasteiger partial charge on any atom is 0.135 e. The molecule has 21 aromatic rings. The van der Waals surface area contributed by atoms with Gasteiger partial charge in [0.2, 0.25) is 0 Å². The van der Waals surface area contributed by atoms with E-state index in [4.69, 9.17) is 4.42 Å². The van der Waals surface area contributed by atoms with Crippen molar-refractivity contribution in [3.63, 3.8) is 0 Å². The highest BCUT2D eigenvalue weighted by atomic mass is 16.3. The van der Waals surface area contributed by atoms with E-state index in [1.807, 2.05) is 0 Å². The lowest BCUT2D eigenvalue weighted by molar-refractivity contribution is 0.669. The van der Waals surface area contributed by atoms with Gasteiger partial charge in [0, 0.05) is 111 Å². The smallest absolute Gasteiger partial charge is 0.135 e. The van der Waals surface area contributed by atoms with Gasteiger partial charge in [-0.15, -0.1) is 0 Å². The summed E-state index contributed by atoms with van der Waals surface area (Å²) in [6.45, 7) is 0. The third-order valence-electron chi connectivity index (χ3n) is 25.4. The van der Waals surface area contributed by atoms with E-state index in [9.17, 15) is 0 Å². The van der Waals surface area contributed by atoms with Gasteiger partial charge in [0.1, 0.15) is 11.2 Å². The molecule has 0 fully saturated rings. The van der Waals surface area contributed by atoms with Crippen LogP contribution in [0.4, 0.5) is 22.7 Å². The molecule has 0 radical (unpaired) electrons. The normalized spacial score (nSPS) is 16.3. The Morgan fingerprint density at radius 2 is 0.600 bits per heavy atom. The first-order valence-corrected chi connectivity index (χ1v) is 40.0. The molecule has 115 heavy (non-hydrogen) atoms. The number of furan rings is 1. The maximum atomic E-state index is 6.66. The molecule has 4 unspecified atom stereocenters. The van der Waals surface area contributed by atoms with Gasteiger partial charge in [-0.1, -0.05) is 255 Å². The number of hydrogen-bond acceptors (Lipinski definition) is 3. The molecule has 16 aromatic carbocycles. The Hall–Kier alpha value is -14.9. The van der Waals surface area contributed by atoms with E-state index >= 15 is 0 Å². The SMILES string of the molecule is C1=CC2c3ccccc3N(c3cc(-c4cc(-n5c6ccccc6c6ccccc65)cc(-n5c6ccccc6c6ccccc65)c4)cc(N4c5ccccc5C5C(c6cccc(-n7c8ccccc8c8ccc(-c9ccc%10oc%11ccc(-c%12ccc%13c%14ccccc%14n(-c%14ccccc%14)c%13c%12)cc%11c%10c9)cc87)c6)=CC=CC54)c3)C2C=C1. The molecule has 25 rings (SSSR count). The van der Waals surface area contributed by atoms with E-state index < -0.39 is 0 Å². The average molecular weight is 1470 g/mol. The number of aromatic nitrogens is 4. The quantitative estimate of drug-likeness (QED) is 0.137. The molecule has 0 N–H and O–H groups in total. The number of para-hydroxylation sites is 9. The molecule has 7 heteroatoms. The van der Waals surface area contributed by atoms with Crippen molar-refractivity contribution in [1.82, 2.24) is 18.3 Å². The number of benzene rings is 16. The molecule has 0 bridgehead atoms. The molecule has 4 atom stereocenters. The van der Waals surface area contributed by atoms with Gasteiger partial charge >= 0.3 is 0 Å². The first kappa shape index (κ1) is 63.8. The number of nitrogens with zero attached hydrogens (tertiary/aromatic N) is 6. The van der Waals surface area contributed by atoms with Crippen LogP contribution in [0.25, 0.3) is 171 Å². The predicted molar refractivity (Wildman–Crippen MR) is 479 cm³/mol.